The van der Waals surface area contributed by atoms with Crippen molar-refractivity contribution in [2.24, 2.45) is 10.8 Å². The Morgan fingerprint density at radius 1 is 0.474 bits per heavy atom. The van der Waals surface area contributed by atoms with Crippen LogP contribution >= 0.6 is 0 Å². The molecule has 0 atom stereocenters. The second-order valence-corrected chi connectivity index (χ2v) is 51.2. The molecule has 0 saturated carbocycles. The lowest BCUT2D eigenvalue weighted by molar-refractivity contribution is 0.368. The van der Waals surface area contributed by atoms with Crippen molar-refractivity contribution >= 4 is 58.4 Å². The van der Waals surface area contributed by atoms with Crippen molar-refractivity contribution in [2.75, 3.05) is 0 Å². The SMILES string of the molecule is Cc1cc2c(cc1C)[Si](C(CC(C)(C)C)([Si](C)(C)C)[Si](C)(C)C)=[Si]2C(CC(C)(C)C)([Si](C)(C)C)[Si](C)(C)C. The monoisotopic (exact) mass is 618 g/mol. The first-order chi connectivity index (χ1) is 16.4. The Morgan fingerprint density at radius 2 is 0.684 bits per heavy atom. The molecule has 1 aliphatic heterocycles. The molecular formula is C32H66Si6. The molecule has 0 N–H and O–H groups in total. The van der Waals surface area contributed by atoms with Crippen LogP contribution in [0.5, 0.6) is 0 Å². The van der Waals surface area contributed by atoms with Gasteiger partial charge in [0.2, 0.25) is 0 Å². The minimum atomic E-state index is -1.55. The van der Waals surface area contributed by atoms with E-state index in [1.807, 2.05) is 10.4 Å². The van der Waals surface area contributed by atoms with Crippen molar-refractivity contribution in [1.29, 1.82) is 0 Å². The van der Waals surface area contributed by atoms with Crippen molar-refractivity contribution in [2.45, 2.75) is 155 Å². The van der Waals surface area contributed by atoms with Crippen molar-refractivity contribution in [1.82, 2.24) is 0 Å². The molecule has 0 unspecified atom stereocenters. The van der Waals surface area contributed by atoms with Crippen LogP contribution in [0.1, 0.15) is 65.5 Å². The molecular weight excluding hydrogens is 553 g/mol. The zero-order chi connectivity index (χ0) is 30.3. The molecule has 2 rings (SSSR count). The molecule has 0 aliphatic carbocycles. The van der Waals surface area contributed by atoms with E-state index in [9.17, 15) is 0 Å². The molecule has 218 valence electrons. The fourth-order valence-corrected chi connectivity index (χ4v) is 73.7. The summed E-state index contributed by atoms with van der Waals surface area (Å²) in [4.78, 5) is 0. The maximum absolute atomic E-state index is 2.79. The lowest BCUT2D eigenvalue weighted by Gasteiger charge is -2.64. The van der Waals surface area contributed by atoms with Crippen LogP contribution in [0.3, 0.4) is 0 Å². The minimum absolute atomic E-state index is 0.367. The Hall–Kier alpha value is 0.521. The average Bonchev–Trinajstić information content (AvgIpc) is 2.59. The second-order valence-electron chi connectivity index (χ2n) is 19.5. The van der Waals surface area contributed by atoms with Crippen LogP contribution in [0.2, 0.25) is 87.1 Å². The summed E-state index contributed by atoms with van der Waals surface area (Å²) < 4.78 is 1.18. The summed E-state index contributed by atoms with van der Waals surface area (Å²) in [5.74, 6) is 0. The number of benzene rings is 1. The topological polar surface area (TPSA) is 0 Å². The van der Waals surface area contributed by atoms with Crippen molar-refractivity contribution < 1.29 is 0 Å². The summed E-state index contributed by atoms with van der Waals surface area (Å²) >= 11 is 0. The van der Waals surface area contributed by atoms with Gasteiger partial charge in [-0.05, 0) is 67.6 Å². The van der Waals surface area contributed by atoms with Gasteiger partial charge in [0.15, 0.2) is 0 Å². The first kappa shape index (κ1) is 34.7. The predicted molar refractivity (Wildman–Crippen MR) is 194 cm³/mol. The number of rotatable bonds is 8. The molecule has 1 aromatic carbocycles. The predicted octanol–water partition coefficient (Wildman–Crippen LogP) is 9.66. The fraction of sp³-hybridized carbons (Fsp3) is 0.812. The maximum Gasteiger partial charge on any atom is 0.0485 e. The Kier molecular flexibility index (Phi) is 9.19. The average molecular weight is 619 g/mol. The molecule has 0 fully saturated rings. The van der Waals surface area contributed by atoms with Gasteiger partial charge >= 0.3 is 0 Å². The number of fused-ring (bicyclic) bond motifs is 1. The molecule has 0 amide bonds. The Labute approximate surface area is 246 Å². The van der Waals surface area contributed by atoms with Gasteiger partial charge in [-0.25, -0.2) is 0 Å². The molecule has 1 aromatic rings. The molecule has 38 heavy (non-hydrogen) atoms. The van der Waals surface area contributed by atoms with E-state index in [-0.39, 0.29) is 0 Å². The molecule has 0 bridgehead atoms. The first-order valence-electron chi connectivity index (χ1n) is 15.3. The van der Waals surface area contributed by atoms with Crippen LogP contribution in [0.4, 0.5) is 0 Å². The normalized spacial score (nSPS) is 16.5. The molecule has 1 heterocycles. The van der Waals surface area contributed by atoms with Crippen LogP contribution in [0.25, 0.3) is 0 Å². The van der Waals surface area contributed by atoms with Gasteiger partial charge in [-0.15, -0.1) is 0 Å². The molecule has 0 nitrogen and oxygen atoms in total. The Balaban J connectivity index is 3.38. The minimum Gasteiger partial charge on any atom is -0.0693 e. The van der Waals surface area contributed by atoms with Gasteiger partial charge < -0.3 is 0 Å². The van der Waals surface area contributed by atoms with Gasteiger partial charge in [-0.1, -0.05) is 132 Å². The summed E-state index contributed by atoms with van der Waals surface area (Å²) in [6, 6.07) is 5.50. The highest BCUT2D eigenvalue weighted by Crippen LogP contribution is 2.60. The highest BCUT2D eigenvalue weighted by Gasteiger charge is 2.65. The number of aryl methyl sites for hydroxylation is 2. The van der Waals surface area contributed by atoms with Crippen LogP contribution in [-0.4, -0.2) is 48.1 Å². The molecule has 0 spiro atoms. The zero-order valence-electron chi connectivity index (χ0n) is 29.6. The van der Waals surface area contributed by atoms with Gasteiger partial charge in [0.05, 0.1) is 0 Å². The molecule has 0 saturated heterocycles. The van der Waals surface area contributed by atoms with E-state index in [1.54, 1.807) is 11.1 Å². The third kappa shape index (κ3) is 5.88. The van der Waals surface area contributed by atoms with E-state index in [0.717, 1.165) is 0 Å². The standard InChI is InChI=1S/C32H66Si6/c1-25-21-27-28(22-26(25)2)34(32(37(15,16)17,38(18,19)20)24-30(6,7)8)33(27)31(35(9,10)11,36(12,13)14)23-29(3,4)5/h21-22H,23-24H2,1-20H3. The van der Waals surface area contributed by atoms with Gasteiger partial charge in [0, 0.05) is 48.1 Å². The lowest BCUT2D eigenvalue weighted by atomic mass is 9.93. The molecule has 0 radical (unpaired) electrons. The smallest absolute Gasteiger partial charge is 0.0485 e. The lowest BCUT2D eigenvalue weighted by Crippen LogP contribution is -2.79. The van der Waals surface area contributed by atoms with Crippen LogP contribution < -0.4 is 10.4 Å². The third-order valence-corrected chi connectivity index (χ3v) is 55.3. The summed E-state index contributed by atoms with van der Waals surface area (Å²) in [6.07, 6.45) is 2.90. The summed E-state index contributed by atoms with van der Waals surface area (Å²) in [5.41, 5.74) is 3.83. The van der Waals surface area contributed by atoms with E-state index in [1.165, 1.54) is 12.8 Å². The quantitative estimate of drug-likeness (QED) is 0.254. The van der Waals surface area contributed by atoms with Gasteiger partial charge in [0.1, 0.15) is 0 Å². The molecule has 0 aromatic heterocycles. The summed E-state index contributed by atoms with van der Waals surface area (Å²) in [7, 11) is -7.64. The van der Waals surface area contributed by atoms with Crippen molar-refractivity contribution in [3.8, 4) is 0 Å². The highest BCUT2D eigenvalue weighted by molar-refractivity contribution is 7.35. The van der Waals surface area contributed by atoms with E-state index in [4.69, 9.17) is 0 Å². The van der Waals surface area contributed by atoms with Crippen LogP contribution in [-0.2, 0) is 0 Å². The van der Waals surface area contributed by atoms with E-state index in [2.05, 4.69) is 146 Å². The number of hydrogen-bond donors (Lipinski definition) is 0. The van der Waals surface area contributed by atoms with Crippen molar-refractivity contribution in [3.05, 3.63) is 23.3 Å². The van der Waals surface area contributed by atoms with Gasteiger partial charge in [-0.2, -0.15) is 0 Å². The summed E-state index contributed by atoms with van der Waals surface area (Å²) in [5, 5.41) is 3.83. The number of hydrogen-bond acceptors (Lipinski definition) is 0. The first-order valence-corrected chi connectivity index (χ1v) is 33.3. The largest absolute Gasteiger partial charge is 0.0693 e. The molecule has 1 aliphatic rings. The van der Waals surface area contributed by atoms with E-state index >= 15 is 0 Å². The van der Waals surface area contributed by atoms with Gasteiger partial charge in [0.25, 0.3) is 0 Å². The van der Waals surface area contributed by atoms with Crippen LogP contribution in [0, 0.1) is 24.7 Å². The van der Waals surface area contributed by atoms with Gasteiger partial charge in [-0.3, -0.25) is 0 Å². The Bertz CT molecular complexity index is 969. The highest BCUT2D eigenvalue weighted by atomic mass is 28.9. The molecule has 6 heteroatoms. The maximum atomic E-state index is 2.79. The second kappa shape index (κ2) is 10.1. The van der Waals surface area contributed by atoms with E-state index in [0.29, 0.717) is 19.4 Å². The zero-order valence-corrected chi connectivity index (χ0v) is 35.6. The third-order valence-electron chi connectivity index (χ3n) is 9.99. The van der Waals surface area contributed by atoms with Crippen molar-refractivity contribution in [3.63, 3.8) is 0 Å². The fourth-order valence-electron chi connectivity index (χ4n) is 8.90. The summed E-state index contributed by atoms with van der Waals surface area (Å²) in [6.45, 7) is 53.7. The Morgan fingerprint density at radius 3 is 0.842 bits per heavy atom. The van der Waals surface area contributed by atoms with Crippen LogP contribution in [0.15, 0.2) is 12.1 Å². The van der Waals surface area contributed by atoms with E-state index < -0.39 is 48.1 Å².